The van der Waals surface area contributed by atoms with E-state index >= 15 is 0 Å². The monoisotopic (exact) mass is 473 g/mol. The fourth-order valence-corrected chi connectivity index (χ4v) is 3.68. The van der Waals surface area contributed by atoms with Gasteiger partial charge >= 0.3 is 6.18 Å². The Morgan fingerprint density at radius 1 is 1.06 bits per heavy atom. The van der Waals surface area contributed by atoms with Gasteiger partial charge in [-0.25, -0.2) is 4.98 Å². The quantitative estimate of drug-likeness (QED) is 0.488. The molecule has 2 rings (SSSR count). The van der Waals surface area contributed by atoms with E-state index < -0.39 is 11.7 Å². The smallest absolute Gasteiger partial charge is 0.355 e. The molecule has 0 bridgehead atoms. The summed E-state index contributed by atoms with van der Waals surface area (Å²) in [7, 11) is 0. The molecule has 0 saturated heterocycles. The van der Waals surface area contributed by atoms with Crippen molar-refractivity contribution in [1.82, 2.24) is 10.3 Å². The lowest BCUT2D eigenvalue weighted by Gasteiger charge is -2.06. The van der Waals surface area contributed by atoms with Crippen molar-refractivity contribution in [3.8, 4) is 11.3 Å². The fraction of sp³-hybridized carbons (Fsp3) is 0.400. The van der Waals surface area contributed by atoms with Gasteiger partial charge in [0.05, 0.1) is 17.0 Å². The van der Waals surface area contributed by atoms with E-state index in [0.29, 0.717) is 35.8 Å². The van der Waals surface area contributed by atoms with Crippen LogP contribution in [0.1, 0.15) is 38.2 Å². The SMILES string of the molecule is CC(=O)SCC(=O)NCCCCCC(=O)Nc1nc(-c2ccc(C(F)(F)F)cc2)cs1. The normalized spacial score (nSPS) is 11.2. The van der Waals surface area contributed by atoms with Crippen LogP contribution in [0.15, 0.2) is 29.6 Å². The van der Waals surface area contributed by atoms with Gasteiger partial charge in [0.1, 0.15) is 0 Å². The highest BCUT2D eigenvalue weighted by atomic mass is 32.2. The number of aromatic nitrogens is 1. The molecule has 31 heavy (non-hydrogen) atoms. The van der Waals surface area contributed by atoms with Crippen molar-refractivity contribution in [2.75, 3.05) is 17.6 Å². The molecule has 0 aliphatic rings. The maximum Gasteiger partial charge on any atom is 0.416 e. The maximum absolute atomic E-state index is 12.6. The van der Waals surface area contributed by atoms with E-state index in [1.54, 1.807) is 5.38 Å². The number of carbonyl (C=O) groups excluding carboxylic acids is 3. The van der Waals surface area contributed by atoms with Gasteiger partial charge in [0.15, 0.2) is 10.2 Å². The Morgan fingerprint density at radius 2 is 1.77 bits per heavy atom. The van der Waals surface area contributed by atoms with Gasteiger partial charge in [0, 0.05) is 30.8 Å². The lowest BCUT2D eigenvalue weighted by molar-refractivity contribution is -0.137. The Kier molecular flexibility index (Phi) is 9.50. The van der Waals surface area contributed by atoms with Gasteiger partial charge in [-0.15, -0.1) is 11.3 Å². The van der Waals surface area contributed by atoms with E-state index in [1.807, 2.05) is 0 Å². The lowest BCUT2D eigenvalue weighted by Crippen LogP contribution is -2.26. The summed E-state index contributed by atoms with van der Waals surface area (Å²) in [5, 5.41) is 7.35. The third-order valence-electron chi connectivity index (χ3n) is 4.07. The van der Waals surface area contributed by atoms with Crippen molar-refractivity contribution < 1.29 is 27.6 Å². The fourth-order valence-electron chi connectivity index (χ4n) is 2.51. The van der Waals surface area contributed by atoms with Crippen LogP contribution in [0.3, 0.4) is 0 Å². The minimum Gasteiger partial charge on any atom is -0.355 e. The summed E-state index contributed by atoms with van der Waals surface area (Å²) >= 11 is 2.16. The third kappa shape index (κ3) is 9.09. The third-order valence-corrected chi connectivity index (χ3v) is 5.64. The first-order chi connectivity index (χ1) is 14.6. The maximum atomic E-state index is 12.6. The van der Waals surface area contributed by atoms with Crippen LogP contribution in [0, 0.1) is 0 Å². The van der Waals surface area contributed by atoms with Gasteiger partial charge in [-0.2, -0.15) is 13.2 Å². The number of hydrogen-bond donors (Lipinski definition) is 2. The molecule has 1 heterocycles. The predicted octanol–water partition coefficient (Wildman–Crippen LogP) is 4.72. The summed E-state index contributed by atoms with van der Waals surface area (Å²) in [6.07, 6.45) is -1.98. The highest BCUT2D eigenvalue weighted by Gasteiger charge is 2.30. The van der Waals surface area contributed by atoms with Crippen LogP contribution in [0.25, 0.3) is 11.3 Å². The molecular weight excluding hydrogens is 451 g/mol. The highest BCUT2D eigenvalue weighted by molar-refractivity contribution is 8.14. The number of thiazole rings is 1. The molecule has 1 aromatic carbocycles. The van der Waals surface area contributed by atoms with Crippen molar-refractivity contribution in [2.24, 2.45) is 0 Å². The summed E-state index contributed by atoms with van der Waals surface area (Å²) < 4.78 is 37.9. The van der Waals surface area contributed by atoms with Crippen molar-refractivity contribution in [3.05, 3.63) is 35.2 Å². The van der Waals surface area contributed by atoms with Gasteiger partial charge < -0.3 is 10.6 Å². The molecule has 0 fully saturated rings. The zero-order valence-corrected chi connectivity index (χ0v) is 18.4. The van der Waals surface area contributed by atoms with Gasteiger partial charge in [-0.05, 0) is 25.0 Å². The van der Waals surface area contributed by atoms with Gasteiger partial charge in [-0.1, -0.05) is 30.3 Å². The highest BCUT2D eigenvalue weighted by Crippen LogP contribution is 2.31. The molecule has 0 aliphatic heterocycles. The molecule has 1 aromatic heterocycles. The summed E-state index contributed by atoms with van der Waals surface area (Å²) in [5.74, 6) is -0.277. The first-order valence-electron chi connectivity index (χ1n) is 9.48. The molecule has 2 N–H and O–H groups in total. The zero-order chi connectivity index (χ0) is 22.9. The first kappa shape index (κ1) is 24.9. The molecule has 0 radical (unpaired) electrons. The van der Waals surface area contributed by atoms with Crippen LogP contribution < -0.4 is 10.6 Å². The second kappa shape index (κ2) is 11.8. The number of unbranched alkanes of at least 4 members (excludes halogenated alkanes) is 2. The average Bonchev–Trinajstić information content (AvgIpc) is 3.16. The van der Waals surface area contributed by atoms with Crippen molar-refractivity contribution in [1.29, 1.82) is 0 Å². The predicted molar refractivity (Wildman–Crippen MR) is 116 cm³/mol. The molecule has 2 amide bonds. The number of nitrogens with zero attached hydrogens (tertiary/aromatic N) is 1. The van der Waals surface area contributed by atoms with Crippen LogP contribution in [0.2, 0.25) is 0 Å². The van der Waals surface area contributed by atoms with Gasteiger partial charge in [0.2, 0.25) is 11.8 Å². The number of carbonyl (C=O) groups is 3. The lowest BCUT2D eigenvalue weighted by atomic mass is 10.1. The van der Waals surface area contributed by atoms with Crippen LogP contribution in [-0.2, 0) is 20.6 Å². The van der Waals surface area contributed by atoms with Crippen LogP contribution in [0.5, 0.6) is 0 Å². The Labute approximate surface area is 186 Å². The molecule has 0 spiro atoms. The summed E-state index contributed by atoms with van der Waals surface area (Å²) in [4.78, 5) is 38.5. The van der Waals surface area contributed by atoms with E-state index in [9.17, 15) is 27.6 Å². The van der Waals surface area contributed by atoms with Crippen molar-refractivity contribution in [3.63, 3.8) is 0 Å². The first-order valence-corrected chi connectivity index (χ1v) is 11.3. The molecule has 6 nitrogen and oxygen atoms in total. The van der Waals surface area contributed by atoms with Crippen LogP contribution >= 0.6 is 23.1 Å². The number of hydrogen-bond acceptors (Lipinski definition) is 6. The molecular formula is C20H22F3N3O3S2. The Morgan fingerprint density at radius 3 is 2.42 bits per heavy atom. The minimum absolute atomic E-state index is 0.104. The number of rotatable bonds is 10. The number of nitrogens with one attached hydrogen (secondary N) is 2. The van der Waals surface area contributed by atoms with E-state index in [4.69, 9.17) is 0 Å². The standard InChI is InChI=1S/C20H22F3N3O3S2/c1-13(27)30-12-18(29)24-10-4-2-3-5-17(28)26-19-25-16(11-31-19)14-6-8-15(9-7-14)20(21,22)23/h6-9,11H,2-5,10,12H2,1H3,(H,24,29)(H,25,26,28). The molecule has 2 aromatic rings. The number of anilines is 1. The molecule has 0 saturated carbocycles. The average molecular weight is 474 g/mol. The van der Waals surface area contributed by atoms with E-state index in [0.717, 1.165) is 36.7 Å². The number of alkyl halides is 3. The number of benzene rings is 1. The topological polar surface area (TPSA) is 88.2 Å². The second-order valence-corrected chi connectivity index (χ2v) is 8.61. The molecule has 11 heteroatoms. The van der Waals surface area contributed by atoms with E-state index in [-0.39, 0.29) is 22.7 Å². The zero-order valence-electron chi connectivity index (χ0n) is 16.8. The number of halogens is 3. The Hall–Kier alpha value is -2.40. The second-order valence-electron chi connectivity index (χ2n) is 6.60. The van der Waals surface area contributed by atoms with Crippen LogP contribution in [0.4, 0.5) is 18.3 Å². The summed E-state index contributed by atoms with van der Waals surface area (Å²) in [5.41, 5.74) is 0.302. The molecule has 0 atom stereocenters. The largest absolute Gasteiger partial charge is 0.416 e. The van der Waals surface area contributed by atoms with Gasteiger partial charge in [0.25, 0.3) is 0 Å². The van der Waals surface area contributed by atoms with Crippen LogP contribution in [-0.4, -0.2) is 34.2 Å². The number of thioether (sulfide) groups is 1. The van der Waals surface area contributed by atoms with E-state index in [1.165, 1.54) is 30.4 Å². The van der Waals surface area contributed by atoms with E-state index in [2.05, 4.69) is 15.6 Å². The summed E-state index contributed by atoms with van der Waals surface area (Å²) in [6, 6.07) is 4.69. The molecule has 0 unspecified atom stereocenters. The Balaban J connectivity index is 1.67. The molecule has 0 aliphatic carbocycles. The summed E-state index contributed by atoms with van der Waals surface area (Å²) in [6.45, 7) is 1.89. The number of amides is 2. The van der Waals surface area contributed by atoms with Crippen molar-refractivity contribution >= 4 is 45.2 Å². The molecule has 168 valence electrons. The van der Waals surface area contributed by atoms with Gasteiger partial charge in [-0.3, -0.25) is 14.4 Å². The Bertz CT molecular complexity index is 899. The minimum atomic E-state index is -4.39. The van der Waals surface area contributed by atoms with Crippen molar-refractivity contribution in [2.45, 2.75) is 38.8 Å².